The van der Waals surface area contributed by atoms with Gasteiger partial charge < -0.3 is 66.0 Å². The van der Waals surface area contributed by atoms with Gasteiger partial charge >= 0.3 is 33.2 Å². The van der Waals surface area contributed by atoms with Crippen LogP contribution in [0, 0.1) is 0 Å². The van der Waals surface area contributed by atoms with Crippen LogP contribution < -0.4 is 31.4 Å². The zero-order valence-electron chi connectivity index (χ0n) is 64.8. The van der Waals surface area contributed by atoms with Crippen molar-refractivity contribution in [3.63, 3.8) is 0 Å². The van der Waals surface area contributed by atoms with Crippen molar-refractivity contribution in [1.29, 1.82) is 0 Å². The van der Waals surface area contributed by atoms with Crippen LogP contribution in [0.1, 0.15) is 67.9 Å². The third kappa shape index (κ3) is 39.5. The number of aromatic hydroxyl groups is 3. The van der Waals surface area contributed by atoms with Gasteiger partial charge in [-0.2, -0.15) is 13.2 Å². The molecule has 0 spiro atoms. The van der Waals surface area contributed by atoms with Crippen LogP contribution in [0.3, 0.4) is 0 Å². The minimum Gasteiger partial charge on any atom is -0.506 e. The zero-order valence-corrected chi connectivity index (χ0v) is 76.5. The average Bonchev–Trinajstić information content (AvgIpc) is 0.785. The van der Waals surface area contributed by atoms with Crippen LogP contribution in [0.15, 0.2) is 228 Å². The topological polar surface area (TPSA) is 351 Å². The number of nitrogen functional groups attached to an aromatic ring is 3. The Kier molecular flexibility index (Phi) is 42.7. The number of carboxylic acid groups (broad SMARTS) is 1. The summed E-state index contributed by atoms with van der Waals surface area (Å²) < 4.78 is 112. The van der Waals surface area contributed by atoms with E-state index in [4.69, 9.17) is 113 Å². The van der Waals surface area contributed by atoms with E-state index in [-0.39, 0.29) is 58.3 Å². The Hall–Kier alpha value is -8.60. The van der Waals surface area contributed by atoms with E-state index < -0.39 is 87.8 Å². The lowest BCUT2D eigenvalue weighted by molar-refractivity contribution is -0.192. The number of esters is 3. The molecular formula is C82H84BBr4Cl5F3N3O18S2. The summed E-state index contributed by atoms with van der Waals surface area (Å²) in [6, 6.07) is 65.6. The highest BCUT2D eigenvalue weighted by Crippen LogP contribution is 2.40. The molecule has 0 aliphatic carbocycles. The molecule has 10 rings (SSSR count). The monoisotopic (exact) mass is 2020 g/mol. The van der Waals surface area contributed by atoms with Crippen LogP contribution in [0.2, 0.25) is 20.1 Å². The van der Waals surface area contributed by atoms with E-state index in [1.54, 1.807) is 64.3 Å². The summed E-state index contributed by atoms with van der Waals surface area (Å²) in [6.07, 6.45) is -5.08. The highest BCUT2D eigenvalue weighted by atomic mass is 79.9. The van der Waals surface area contributed by atoms with E-state index in [1.807, 2.05) is 187 Å². The predicted octanol–water partition coefficient (Wildman–Crippen LogP) is 22.4. The van der Waals surface area contributed by atoms with Crippen LogP contribution in [0.25, 0.3) is 44.5 Å². The molecule has 118 heavy (non-hydrogen) atoms. The van der Waals surface area contributed by atoms with Gasteiger partial charge in [0.25, 0.3) is 9.05 Å². The smallest absolute Gasteiger partial charge is 0.490 e. The number of halogens is 12. The van der Waals surface area contributed by atoms with E-state index in [0.29, 0.717) is 28.4 Å². The Bertz CT molecular complexity index is 5180. The Morgan fingerprint density at radius 1 is 0.441 bits per heavy atom. The Labute approximate surface area is 741 Å². The fourth-order valence-electron chi connectivity index (χ4n) is 9.22. The number of carboxylic acids is 1. The minimum atomic E-state index is -5.08. The third-order valence-electron chi connectivity index (χ3n) is 14.0. The number of alkyl halides is 4. The van der Waals surface area contributed by atoms with Crippen molar-refractivity contribution in [3.8, 4) is 79.0 Å². The van der Waals surface area contributed by atoms with Gasteiger partial charge in [-0.25, -0.2) is 31.2 Å². The molecule has 36 heteroatoms. The van der Waals surface area contributed by atoms with Crippen molar-refractivity contribution < 1.29 is 98.0 Å². The summed E-state index contributed by atoms with van der Waals surface area (Å²) in [5, 5.41) is 35.9. The Morgan fingerprint density at radius 2 is 0.746 bits per heavy atom. The van der Waals surface area contributed by atoms with Crippen molar-refractivity contribution in [1.82, 2.24) is 0 Å². The number of hydrogen-bond acceptors (Lipinski definition) is 20. The van der Waals surface area contributed by atoms with Crippen molar-refractivity contribution in [2.75, 3.05) is 42.9 Å². The van der Waals surface area contributed by atoms with E-state index in [9.17, 15) is 59.7 Å². The minimum absolute atomic E-state index is 0.0702. The molecule has 0 aromatic heterocycles. The average molecular weight is 2030 g/mol. The maximum absolute atomic E-state index is 13.2. The number of phenolic OH excluding ortho intramolecular Hbond substituents is 3. The molecule has 0 amide bonds. The second-order valence-electron chi connectivity index (χ2n) is 27.0. The van der Waals surface area contributed by atoms with Crippen LogP contribution >= 0.6 is 120 Å². The summed E-state index contributed by atoms with van der Waals surface area (Å²) in [5.74, 6) is -4.17. The second-order valence-corrected chi connectivity index (χ2v) is 40.1. The van der Waals surface area contributed by atoms with E-state index in [2.05, 4.69) is 75.3 Å². The van der Waals surface area contributed by atoms with Gasteiger partial charge in [0.2, 0.25) is 0 Å². The Morgan fingerprint density at radius 3 is 1.06 bits per heavy atom. The summed E-state index contributed by atoms with van der Waals surface area (Å²) in [5.41, 5.74) is 25.8. The van der Waals surface area contributed by atoms with Crippen LogP contribution in [-0.2, 0) is 58.0 Å². The molecule has 0 fully saturated rings. The second kappa shape index (κ2) is 48.6. The number of carbonyl (C=O) groups excluding carboxylic acids is 3. The van der Waals surface area contributed by atoms with E-state index >= 15 is 0 Å². The molecule has 0 saturated heterocycles. The van der Waals surface area contributed by atoms with Gasteiger partial charge in [0, 0.05) is 26.3 Å². The largest absolute Gasteiger partial charge is 0.506 e. The number of rotatable bonds is 16. The van der Waals surface area contributed by atoms with Gasteiger partial charge in [-0.05, 0) is 180 Å². The molecular weight excluding hydrogens is 1940 g/mol. The number of aliphatic carboxylic acids is 1. The molecule has 0 radical (unpaired) electrons. The van der Waals surface area contributed by atoms with Crippen molar-refractivity contribution in [2.24, 2.45) is 0 Å². The van der Waals surface area contributed by atoms with Crippen LogP contribution in [0.4, 0.5) is 30.2 Å². The molecule has 0 heterocycles. The van der Waals surface area contributed by atoms with Gasteiger partial charge in [0.15, 0.2) is 34.6 Å². The number of anilines is 3. The number of sulfone groups is 1. The molecule has 0 aliphatic rings. The summed E-state index contributed by atoms with van der Waals surface area (Å²) in [6.45, 7) is 15.6. The molecule has 21 nitrogen and oxygen atoms in total. The van der Waals surface area contributed by atoms with Crippen LogP contribution in [0.5, 0.6) is 34.5 Å². The maximum atomic E-state index is 13.2. The molecule has 10 N–H and O–H groups in total. The number of benzene rings is 10. The molecule has 634 valence electrons. The Balaban J connectivity index is 0.000000374. The van der Waals surface area contributed by atoms with Gasteiger partial charge in [-0.15, -0.1) is 47.3 Å². The lowest BCUT2D eigenvalue weighted by atomic mass is 10.0. The first-order chi connectivity index (χ1) is 54.7. The molecule has 0 unspecified atom stereocenters. The summed E-state index contributed by atoms with van der Waals surface area (Å²) in [7, 11) is -1.50. The van der Waals surface area contributed by atoms with Gasteiger partial charge in [-0.1, -0.05) is 208 Å². The number of phenols is 3. The van der Waals surface area contributed by atoms with Crippen molar-refractivity contribution in [2.45, 2.75) is 101 Å². The number of ether oxygens (including phenoxy) is 6. The van der Waals surface area contributed by atoms with Gasteiger partial charge in [0.1, 0.15) is 54.9 Å². The molecule has 0 bridgehead atoms. The normalized spacial score (nSPS) is 10.9. The third-order valence-corrected chi connectivity index (χ3v) is 18.5. The van der Waals surface area contributed by atoms with Crippen molar-refractivity contribution in [3.05, 3.63) is 244 Å². The number of nitrogens with two attached hydrogens (primary N) is 3. The number of hydrogen-bond donors (Lipinski definition) is 7. The maximum Gasteiger partial charge on any atom is 0.490 e. The van der Waals surface area contributed by atoms with Crippen molar-refractivity contribution >= 4 is 183 Å². The van der Waals surface area contributed by atoms with Crippen LogP contribution in [-0.4, -0.2) is 113 Å². The SMILES string of the molecule is BrB(Br)Br.CC(C)(C)OC(=O)CBr.CC(C)(C)OC(=O)COc1ccc(-c2ccccc2)cc1CS(=O)(=O)c1cc(Cl)cc(Cl)c1O.CC(C)(C)OC(=O)COc1ccc(-c2ccccc2)cc1N.COc1ccc(-c2ccccc2)cc1N.Nc1cc(-c2ccccc2)ccc1O.O=C(O)C(F)(F)F.O=S(=O)(Cl)c1cc(Cl)cc(Cl)c1O. The molecule has 0 aliphatic heterocycles. The summed E-state index contributed by atoms with van der Waals surface area (Å²) >= 11 is 35.2. The number of carbonyl (C=O) groups is 4. The highest BCUT2D eigenvalue weighted by molar-refractivity contribution is 9.69. The standard InChI is InChI=1S/C25H24Cl2O6S.C18H21NO3.C13H13NO.C12H11NO.C6H11BrO2.C6H3Cl3O3S.C2HF3O2.BBr3/c1-25(2,3)33-23(28)14-32-21-10-9-17(16-7-5-4-6-8-16)11-18(21)15-34(30,31)22-13-19(26)12-20(27)24(22)29;1-18(2,3)22-17(20)12-21-16-10-9-14(11-15(16)19)13-7-5-4-6-8-13;1-15-13-8-7-11(9-12(13)14)10-5-3-2-4-6-10;13-11-8-10(6-7-12(11)14)9-4-2-1-3-5-9;1-6(2,3)9-5(8)4-7;7-3-1-4(8)6(10)5(2-3)13(9,11)12;3-2(4,5)1(6)7;2-1(3)4/h4-13,29H,14-15H2,1-3H3;4-11H,12,19H2,1-3H3;2-9H,14H2,1H3;1-8,14H,13H2;4H2,1-3H3;1-2,10H;(H,6,7);. The first-order valence-electron chi connectivity index (χ1n) is 34.2. The molecule has 0 atom stereocenters. The number of methoxy groups -OCH3 is 1. The van der Waals surface area contributed by atoms with E-state index in [1.165, 1.54) is 12.1 Å². The first kappa shape index (κ1) is 104. The lowest BCUT2D eigenvalue weighted by Gasteiger charge is -2.20. The predicted molar refractivity (Wildman–Crippen MR) is 478 cm³/mol. The molecule has 10 aromatic carbocycles. The van der Waals surface area contributed by atoms with Gasteiger partial charge in [-0.3, -0.25) is 4.79 Å². The van der Waals surface area contributed by atoms with E-state index in [0.717, 1.165) is 62.4 Å². The molecule has 0 saturated carbocycles. The fourth-order valence-corrected chi connectivity index (χ4v) is 13.0. The fraction of sp³-hybridized carbons (Fsp3) is 0.220. The summed E-state index contributed by atoms with van der Waals surface area (Å²) in [4.78, 5) is 42.3. The molecule has 10 aromatic rings. The quantitative estimate of drug-likeness (QED) is 0.00898. The first-order valence-corrected chi connectivity index (χ1v) is 43.6. The zero-order chi connectivity index (χ0) is 89.3. The highest BCUT2D eigenvalue weighted by Gasteiger charge is 2.38. The lowest BCUT2D eigenvalue weighted by Crippen LogP contribution is -2.27. The van der Waals surface area contributed by atoms with Gasteiger partial charge in [0.05, 0.1) is 40.0 Å².